The van der Waals surface area contributed by atoms with E-state index in [2.05, 4.69) is 239 Å². The van der Waals surface area contributed by atoms with Crippen molar-refractivity contribution < 1.29 is 105 Å². The van der Waals surface area contributed by atoms with Gasteiger partial charge in [0.1, 0.15) is 19.6 Å². The van der Waals surface area contributed by atoms with Crippen LogP contribution in [-0.2, 0) is 19.6 Å². The molecule has 32 heteroatoms. The number of nitrogens with one attached hydrogen (secondary N) is 3. The first-order valence-electron chi connectivity index (χ1n) is 48.8. The molecule has 1 fully saturated rings. The Bertz CT molecular complexity index is 5200. The molecule has 0 atom stereocenters. The summed E-state index contributed by atoms with van der Waals surface area (Å²) in [5, 5.41) is 76.2. The molecule has 0 amide bonds. The second kappa shape index (κ2) is 71.5. The molecule has 1 saturated heterocycles. The fourth-order valence-corrected chi connectivity index (χ4v) is 15.3. The van der Waals surface area contributed by atoms with E-state index in [0.717, 1.165) is 133 Å². The number of nitro groups is 3. The number of anilines is 5. The summed E-state index contributed by atoms with van der Waals surface area (Å²) in [6.45, 7) is 13.1. The van der Waals surface area contributed by atoms with Crippen LogP contribution in [0.15, 0.2) is 327 Å². The summed E-state index contributed by atoms with van der Waals surface area (Å²) in [6.07, 6.45) is 47.3. The van der Waals surface area contributed by atoms with Crippen LogP contribution in [-0.4, -0.2) is 125 Å². The summed E-state index contributed by atoms with van der Waals surface area (Å²) in [6, 6.07) is 77.1. The molecule has 8 aromatic carbocycles. The molecule has 754 valence electrons. The van der Waals surface area contributed by atoms with Crippen LogP contribution in [0.25, 0.3) is 0 Å². The van der Waals surface area contributed by atoms with Crippen molar-refractivity contribution in [2.24, 2.45) is 40.9 Å². The van der Waals surface area contributed by atoms with E-state index in [4.69, 9.17) is 0 Å². The first-order valence-corrected chi connectivity index (χ1v) is 48.8. The summed E-state index contributed by atoms with van der Waals surface area (Å²) in [5.41, 5.74) is 11.7. The Hall–Kier alpha value is -10.9. The third-order valence-electron chi connectivity index (χ3n) is 23.1. The molecule has 0 saturated carbocycles. The van der Waals surface area contributed by atoms with E-state index in [1.807, 2.05) is 97.1 Å². The molecule has 3 N–H and O–H groups in total. The van der Waals surface area contributed by atoms with Gasteiger partial charge in [0, 0.05) is 166 Å². The molecule has 12 rings (SSSR count). The second-order valence-electron chi connectivity index (χ2n) is 36.5. The number of azo groups is 4. The molecule has 11 aromatic rings. The molecule has 1 aliphatic rings. The number of hydrogen-bond acceptors (Lipinski definition) is 19. The number of pyridine rings is 3. The monoisotopic (exact) mass is 2230 g/mol. The number of aromatic nitrogens is 3. The van der Waals surface area contributed by atoms with Crippen molar-refractivity contribution in [3.63, 3.8) is 0 Å². The highest BCUT2D eigenvalue weighted by atomic mass is 79.9. The molecule has 27 nitrogen and oxygen atoms in total. The van der Waals surface area contributed by atoms with Crippen molar-refractivity contribution in [2.45, 2.75) is 193 Å². The van der Waals surface area contributed by atoms with E-state index in [-0.39, 0.29) is 102 Å². The Morgan fingerprint density at radius 3 is 0.814 bits per heavy atom. The number of nitro benzene ring substituents is 3. The maximum Gasteiger partial charge on any atom is 0.269 e. The summed E-state index contributed by atoms with van der Waals surface area (Å²) >= 11 is 0. The quantitative estimate of drug-likeness (QED) is 0.00804. The van der Waals surface area contributed by atoms with Crippen LogP contribution in [0.5, 0.6) is 0 Å². The molecular weight excluding hydrogens is 2090 g/mol. The number of quaternary nitrogens is 2. The van der Waals surface area contributed by atoms with E-state index < -0.39 is 14.8 Å². The van der Waals surface area contributed by atoms with Crippen molar-refractivity contribution in [2.75, 3.05) is 127 Å². The number of rotatable bonds is 54. The van der Waals surface area contributed by atoms with Gasteiger partial charge in [-0.25, -0.2) is 13.7 Å². The van der Waals surface area contributed by atoms with Gasteiger partial charge in [-0.1, -0.05) is 95.2 Å². The smallest absolute Gasteiger partial charge is 0.269 e. The third kappa shape index (κ3) is 53.1. The highest BCUT2D eigenvalue weighted by Crippen LogP contribution is 2.31. The molecule has 0 unspecified atom stereocenters. The molecule has 4 heterocycles. The zero-order chi connectivity index (χ0) is 95.4. The summed E-state index contributed by atoms with van der Waals surface area (Å²) < 4.78 is 8.77. The predicted molar refractivity (Wildman–Crippen MR) is 559 cm³/mol. The minimum absolute atomic E-state index is 0. The number of aryl methyl sites for hydroxylation is 3. The van der Waals surface area contributed by atoms with Crippen LogP contribution in [0, 0.1) is 30.3 Å². The first-order chi connectivity index (χ1) is 65.7. The highest BCUT2D eigenvalue weighted by Gasteiger charge is 2.15. The SMILES string of the molecule is Br.C[N+](C)(C)CCCCCCN(CCCCCC[N+](C)(C)C)c1ccc(N=Nc2ccc(N3CCCCCC3)cc2)cc1.O=[N+]([O-])c1ccc(N=Nc2ccc(NCCCCCCCCCCCC[n+]3ccccc3)cc2)cc1.O=[N+]([O-])c1ccc(N=Nc2ccc(NCCCCCC[n+]3ccccc3)cc2)cc1.O=[N+]([O-])c1ccc(N=Nc2ccc(NCCC[n+]3ccccc3)cc2)cc1.[Br-].[Br-].[Br-].[Br-]. The largest absolute Gasteiger partial charge is 1.00 e. The lowest BCUT2D eigenvalue weighted by molar-refractivity contribution is -0.870. The van der Waals surface area contributed by atoms with E-state index in [1.54, 1.807) is 36.4 Å². The molecule has 140 heavy (non-hydrogen) atoms. The van der Waals surface area contributed by atoms with Crippen molar-refractivity contribution in [1.29, 1.82) is 0 Å². The fraction of sp³-hybridized carbons (Fsp3) is 0.417. The Kier molecular flexibility index (Phi) is 62.1. The predicted octanol–water partition coefficient (Wildman–Crippen LogP) is 16.5. The number of unbranched alkanes of at least 4 members (excludes halogenated alkanes) is 18. The number of nitrogens with zero attached hydrogens (tertiary/aromatic N) is 18. The van der Waals surface area contributed by atoms with E-state index in [9.17, 15) is 30.3 Å². The normalized spacial score (nSPS) is 11.7. The summed E-state index contributed by atoms with van der Waals surface area (Å²) in [4.78, 5) is 35.8. The van der Waals surface area contributed by atoms with Gasteiger partial charge in [0.05, 0.1) is 116 Å². The lowest BCUT2D eigenvalue weighted by atomic mass is 10.1. The second-order valence-corrected chi connectivity index (χ2v) is 36.5. The summed E-state index contributed by atoms with van der Waals surface area (Å²) in [5.74, 6) is 0. The lowest BCUT2D eigenvalue weighted by Gasteiger charge is -2.26. The van der Waals surface area contributed by atoms with Gasteiger partial charge in [0.15, 0.2) is 37.2 Å². The number of halogens is 5. The first kappa shape index (κ1) is 121. The van der Waals surface area contributed by atoms with E-state index >= 15 is 0 Å². The van der Waals surface area contributed by atoms with Crippen LogP contribution in [0.1, 0.15) is 173 Å². The minimum atomic E-state index is -0.439. The Labute approximate surface area is 883 Å². The average molecular weight is 2240 g/mol. The van der Waals surface area contributed by atoms with Crippen LogP contribution in [0.4, 0.5) is 91.0 Å². The number of benzene rings is 8. The van der Waals surface area contributed by atoms with E-state index in [0.29, 0.717) is 17.1 Å². The Morgan fingerprint density at radius 1 is 0.293 bits per heavy atom. The molecule has 0 radical (unpaired) electrons. The van der Waals surface area contributed by atoms with Gasteiger partial charge in [-0.3, -0.25) is 30.3 Å². The lowest BCUT2D eigenvalue weighted by Crippen LogP contribution is -3.00. The Morgan fingerprint density at radius 2 is 0.529 bits per heavy atom. The van der Waals surface area contributed by atoms with Crippen molar-refractivity contribution >= 4 is 108 Å². The van der Waals surface area contributed by atoms with Crippen molar-refractivity contribution in [3.8, 4) is 0 Å². The van der Waals surface area contributed by atoms with Gasteiger partial charge in [-0.05, 0) is 235 Å². The van der Waals surface area contributed by atoms with Crippen molar-refractivity contribution in [1.82, 2.24) is 0 Å². The van der Waals surface area contributed by atoms with Gasteiger partial charge >= 0.3 is 0 Å². The van der Waals surface area contributed by atoms with Gasteiger partial charge in [0.2, 0.25) is 0 Å². The number of non-ortho nitro benzene ring substituents is 3. The average Bonchev–Trinajstić information content (AvgIpc) is 1.70. The van der Waals surface area contributed by atoms with Crippen molar-refractivity contribution in [3.05, 3.63) is 316 Å². The molecular formula is C108H147Br5N21O6+. The summed E-state index contributed by atoms with van der Waals surface area (Å²) in [7, 11) is 13.7. The van der Waals surface area contributed by atoms with E-state index in [1.165, 1.54) is 221 Å². The topological polar surface area (TPSA) is 283 Å². The minimum Gasteiger partial charge on any atom is -1.00 e. The van der Waals surface area contributed by atoms with Gasteiger partial charge in [0.25, 0.3) is 17.1 Å². The molecule has 3 aromatic heterocycles. The highest BCUT2D eigenvalue weighted by molar-refractivity contribution is 8.93. The van der Waals surface area contributed by atoms with Gasteiger partial charge in [-0.15, -0.1) is 17.0 Å². The van der Waals surface area contributed by atoms with Gasteiger partial charge in [-0.2, -0.15) is 40.9 Å². The molecule has 0 spiro atoms. The zero-order valence-corrected chi connectivity index (χ0v) is 90.7. The fourth-order valence-electron chi connectivity index (χ4n) is 15.3. The van der Waals surface area contributed by atoms with Crippen LogP contribution in [0.2, 0.25) is 0 Å². The molecule has 0 bridgehead atoms. The zero-order valence-electron chi connectivity index (χ0n) is 82.6. The molecule has 0 aliphatic carbocycles. The molecule has 1 aliphatic heterocycles. The Balaban J connectivity index is 0.000000390. The maximum absolute atomic E-state index is 10.7. The third-order valence-corrected chi connectivity index (χ3v) is 23.1. The van der Waals surface area contributed by atoms with Crippen LogP contribution >= 0.6 is 17.0 Å². The standard InChI is InChI=1S/C36H62N6.C29H38N5O2.C23H26N5O2.C20H20N5O2.5BrH/c1-41(2,3)31-17-11-9-15-29-40(30-16-10-12-18-32-42(4,5)6)36-25-21-34(22-26-36)38-37-33-19-23-35(24-20-33)39-27-13-7-8-14-28-39;35-34(36)29-20-18-28(19-21-29)32-31-27-16-14-26(15-17-27)30-22-10-7-5-3-1-2-4-6-8-11-23-33-24-12-9-13-25-33;29-28(30)23-14-12-22(13-15-23)26-25-21-10-8-20(9-11-21)24-16-4-1-2-5-17-27-18-6-3-7-19-27;26-25(27)20-11-9-19(10-12-20)23-22-18-7-5-17(6-8-18)21-13-4-16-24-14-2-1-3-15-24;;;;;/h19-26H,7-18,27-32H2,1-6H3;9,12-21,24-25,30H,1-8,10-11,22-23H2;3,6-15,18-19,24H,1-2,4-5,16-17H2;1-3,5-12,14-15,21H,4,13,16H2;5*1H/q+2;3*+1;;;;;/p-4. The van der Waals surface area contributed by atoms with Crippen LogP contribution < -0.4 is 107 Å². The van der Waals surface area contributed by atoms with Crippen LogP contribution in [0.3, 0.4) is 0 Å². The van der Waals surface area contributed by atoms with Gasteiger partial charge < -0.3 is 103 Å². The maximum atomic E-state index is 10.7. The number of hydrogen-bond donors (Lipinski definition) is 3.